The van der Waals surface area contributed by atoms with E-state index in [2.05, 4.69) is 21.3 Å². The number of carbonyl (C=O) groups excluding carboxylic acids is 2. The molecule has 2 aromatic rings. The van der Waals surface area contributed by atoms with E-state index >= 15 is 0 Å². The van der Waals surface area contributed by atoms with E-state index in [0.717, 1.165) is 48.3 Å². The lowest BCUT2D eigenvalue weighted by molar-refractivity contribution is -0.139. The van der Waals surface area contributed by atoms with Crippen LogP contribution in [-0.4, -0.2) is 109 Å². The van der Waals surface area contributed by atoms with Gasteiger partial charge in [-0.25, -0.2) is 4.79 Å². The maximum absolute atomic E-state index is 13.7. The summed E-state index contributed by atoms with van der Waals surface area (Å²) in [6.07, 6.45) is 1.48. The Hall–Kier alpha value is -2.82. The van der Waals surface area contributed by atoms with Crippen LogP contribution in [-0.2, 0) is 14.9 Å². The normalized spacial score (nSPS) is 21.9. The Kier molecular flexibility index (Phi) is 7.33. The number of nitrogens with zero attached hydrogens (tertiary/aromatic N) is 3. The van der Waals surface area contributed by atoms with Crippen LogP contribution in [0.4, 0.5) is 4.79 Å². The molecule has 5 rings (SSSR count). The fourth-order valence-electron chi connectivity index (χ4n) is 6.19. The molecule has 3 aliphatic rings. The number of fused-ring (bicyclic) bond motifs is 4. The van der Waals surface area contributed by atoms with Crippen LogP contribution in [0.3, 0.4) is 0 Å². The zero-order chi connectivity index (χ0) is 26.2. The number of likely N-dealkylation sites (tertiary alicyclic amines) is 1. The number of benzene rings is 1. The molecule has 10 nitrogen and oxygen atoms in total. The number of carbonyl (C=O) groups is 2. The number of piperidine rings is 1. The number of urea groups is 1. The maximum atomic E-state index is 13.7. The number of H-pyrrole nitrogens is 1. The molecule has 0 unspecified atom stereocenters. The van der Waals surface area contributed by atoms with Gasteiger partial charge < -0.3 is 34.7 Å². The van der Waals surface area contributed by atoms with E-state index in [1.807, 2.05) is 35.8 Å². The first-order valence-electron chi connectivity index (χ1n) is 13.3. The van der Waals surface area contributed by atoms with Crippen LogP contribution in [0, 0.1) is 0 Å². The average Bonchev–Trinajstić information content (AvgIpc) is 3.28. The summed E-state index contributed by atoms with van der Waals surface area (Å²) in [5.41, 5.74) is 2.68. The molecule has 2 saturated heterocycles. The number of aromatic amines is 1. The molecule has 3 aliphatic heterocycles. The van der Waals surface area contributed by atoms with Crippen LogP contribution in [0.15, 0.2) is 18.2 Å². The monoisotopic (exact) mass is 513 g/mol. The summed E-state index contributed by atoms with van der Waals surface area (Å²) in [6, 6.07) is 5.59. The van der Waals surface area contributed by atoms with E-state index in [-0.39, 0.29) is 30.0 Å². The highest BCUT2D eigenvalue weighted by Crippen LogP contribution is 2.49. The van der Waals surface area contributed by atoms with Gasteiger partial charge in [-0.05, 0) is 44.4 Å². The summed E-state index contributed by atoms with van der Waals surface area (Å²) in [5, 5.41) is 14.6. The number of hydrogen-bond donors (Lipinski definition) is 3. The van der Waals surface area contributed by atoms with Crippen molar-refractivity contribution in [3.63, 3.8) is 0 Å². The number of methoxy groups -OCH3 is 1. The second kappa shape index (κ2) is 10.5. The van der Waals surface area contributed by atoms with Gasteiger partial charge in [-0.2, -0.15) is 0 Å². The molecule has 1 spiro atoms. The van der Waals surface area contributed by atoms with E-state index < -0.39 is 6.04 Å². The Morgan fingerprint density at radius 2 is 1.95 bits per heavy atom. The SMILES string of the molecule is COc1ccc2c3c([nH]c2c1)[C@H](CO)N(C(=O)CN1CCOCC1)CC31CCN(C(=O)NC(C)C)CC1. The van der Waals surface area contributed by atoms with Crippen molar-refractivity contribution in [2.24, 2.45) is 0 Å². The van der Waals surface area contributed by atoms with Crippen molar-refractivity contribution in [1.29, 1.82) is 0 Å². The zero-order valence-electron chi connectivity index (χ0n) is 22.1. The Morgan fingerprint density at radius 3 is 2.59 bits per heavy atom. The fraction of sp³-hybridized carbons (Fsp3) is 0.630. The Morgan fingerprint density at radius 1 is 1.22 bits per heavy atom. The third-order valence-corrected chi connectivity index (χ3v) is 8.12. The molecular weight excluding hydrogens is 474 g/mol. The van der Waals surface area contributed by atoms with E-state index in [1.54, 1.807) is 7.11 Å². The first-order chi connectivity index (χ1) is 17.8. The number of hydrogen-bond acceptors (Lipinski definition) is 6. The van der Waals surface area contributed by atoms with Gasteiger partial charge in [0.05, 0.1) is 39.5 Å². The van der Waals surface area contributed by atoms with Crippen molar-refractivity contribution in [3.05, 3.63) is 29.5 Å². The molecule has 202 valence electrons. The molecule has 10 heteroatoms. The van der Waals surface area contributed by atoms with Crippen LogP contribution in [0.1, 0.15) is 44.0 Å². The van der Waals surface area contributed by atoms with E-state index in [0.29, 0.717) is 39.4 Å². The number of ether oxygens (including phenoxy) is 2. The van der Waals surface area contributed by atoms with Gasteiger partial charge in [0.2, 0.25) is 5.91 Å². The number of rotatable bonds is 5. The molecule has 1 aromatic heterocycles. The minimum atomic E-state index is -0.449. The Balaban J connectivity index is 1.51. The van der Waals surface area contributed by atoms with Gasteiger partial charge in [-0.1, -0.05) is 0 Å². The highest BCUT2D eigenvalue weighted by molar-refractivity contribution is 5.89. The molecule has 0 radical (unpaired) electrons. The molecular formula is C27H39N5O5. The smallest absolute Gasteiger partial charge is 0.317 e. The maximum Gasteiger partial charge on any atom is 0.317 e. The Bertz CT molecular complexity index is 1130. The van der Waals surface area contributed by atoms with Gasteiger partial charge >= 0.3 is 6.03 Å². The van der Waals surface area contributed by atoms with Crippen molar-refractivity contribution in [3.8, 4) is 5.75 Å². The van der Waals surface area contributed by atoms with Crippen LogP contribution >= 0.6 is 0 Å². The van der Waals surface area contributed by atoms with E-state index in [1.165, 1.54) is 5.56 Å². The molecule has 3 N–H and O–H groups in total. The highest BCUT2D eigenvalue weighted by Gasteiger charge is 2.49. The van der Waals surface area contributed by atoms with Gasteiger partial charge in [-0.15, -0.1) is 0 Å². The lowest BCUT2D eigenvalue weighted by atomic mass is 9.68. The van der Waals surface area contributed by atoms with Gasteiger partial charge in [0, 0.05) is 66.8 Å². The van der Waals surface area contributed by atoms with Crippen LogP contribution in [0.25, 0.3) is 10.9 Å². The molecule has 37 heavy (non-hydrogen) atoms. The van der Waals surface area contributed by atoms with Crippen molar-refractivity contribution < 1.29 is 24.2 Å². The average molecular weight is 514 g/mol. The summed E-state index contributed by atoms with van der Waals surface area (Å²) in [6.45, 7) is 8.52. The Labute approximate surface area is 217 Å². The molecule has 0 aliphatic carbocycles. The second-order valence-electron chi connectivity index (χ2n) is 10.8. The summed E-state index contributed by atoms with van der Waals surface area (Å²) < 4.78 is 10.9. The lowest BCUT2D eigenvalue weighted by Gasteiger charge is -2.50. The van der Waals surface area contributed by atoms with Crippen molar-refractivity contribution >= 4 is 22.8 Å². The highest BCUT2D eigenvalue weighted by atomic mass is 16.5. The first kappa shape index (κ1) is 25.8. The molecule has 2 fully saturated rings. The van der Waals surface area contributed by atoms with E-state index in [9.17, 15) is 14.7 Å². The predicted molar refractivity (Wildman–Crippen MR) is 140 cm³/mol. The molecule has 0 saturated carbocycles. The van der Waals surface area contributed by atoms with Gasteiger partial charge in [0.25, 0.3) is 0 Å². The number of aliphatic hydroxyl groups is 1. The minimum absolute atomic E-state index is 0.0159. The lowest BCUT2D eigenvalue weighted by Crippen LogP contribution is -2.58. The molecule has 1 aromatic carbocycles. The topological polar surface area (TPSA) is 110 Å². The number of morpholine rings is 1. The standard InChI is InChI=1S/C27H39N5O5/c1-18(2)28-26(35)31-8-6-27(7-9-31)17-32(23(34)15-30-10-12-37-13-11-30)22(16-33)25-24(27)20-5-4-19(36-3)14-21(20)29-25/h4-5,14,18,22,29,33H,6-13,15-17H2,1-3H3,(H,28,35)/t22-/m0/s1. The molecule has 0 bridgehead atoms. The van der Waals surface area contributed by atoms with Crippen molar-refractivity contribution in [1.82, 2.24) is 25.0 Å². The first-order valence-corrected chi connectivity index (χ1v) is 13.3. The van der Waals surface area contributed by atoms with Crippen molar-refractivity contribution in [2.45, 2.75) is 44.2 Å². The van der Waals surface area contributed by atoms with E-state index in [4.69, 9.17) is 9.47 Å². The summed E-state index contributed by atoms with van der Waals surface area (Å²) >= 11 is 0. The van der Waals surface area contributed by atoms with Gasteiger partial charge in [-0.3, -0.25) is 9.69 Å². The fourth-order valence-corrected chi connectivity index (χ4v) is 6.19. The number of amides is 3. The largest absolute Gasteiger partial charge is 0.497 e. The number of nitrogens with one attached hydrogen (secondary N) is 2. The van der Waals surface area contributed by atoms with Gasteiger partial charge in [0.15, 0.2) is 0 Å². The zero-order valence-corrected chi connectivity index (χ0v) is 22.1. The number of aromatic nitrogens is 1. The third-order valence-electron chi connectivity index (χ3n) is 8.12. The van der Waals surface area contributed by atoms with Crippen LogP contribution < -0.4 is 10.1 Å². The second-order valence-corrected chi connectivity index (χ2v) is 10.8. The molecule has 3 amide bonds. The van der Waals surface area contributed by atoms with Crippen LogP contribution in [0.2, 0.25) is 0 Å². The van der Waals surface area contributed by atoms with Crippen LogP contribution in [0.5, 0.6) is 5.75 Å². The minimum Gasteiger partial charge on any atom is -0.497 e. The van der Waals surface area contributed by atoms with Crippen molar-refractivity contribution in [2.75, 3.05) is 66.2 Å². The number of aliphatic hydroxyl groups excluding tert-OH is 1. The molecule has 4 heterocycles. The third kappa shape index (κ3) is 4.89. The summed E-state index contributed by atoms with van der Waals surface area (Å²) in [5.74, 6) is 0.767. The van der Waals surface area contributed by atoms with Gasteiger partial charge in [0.1, 0.15) is 5.75 Å². The summed E-state index contributed by atoms with van der Waals surface area (Å²) in [7, 11) is 1.64. The summed E-state index contributed by atoms with van der Waals surface area (Å²) in [4.78, 5) is 35.9. The quantitative estimate of drug-likeness (QED) is 0.563. The molecule has 1 atom stereocenters. The predicted octanol–water partition coefficient (Wildman–Crippen LogP) is 1.84.